The van der Waals surface area contributed by atoms with E-state index in [4.69, 9.17) is 11.6 Å². The molecule has 0 atom stereocenters. The van der Waals surface area contributed by atoms with Gasteiger partial charge in [0.2, 0.25) is 5.91 Å². The minimum absolute atomic E-state index is 0.0197. The van der Waals surface area contributed by atoms with Crippen molar-refractivity contribution >= 4 is 28.4 Å². The predicted octanol–water partition coefficient (Wildman–Crippen LogP) is 3.52. The molecule has 3 rings (SSSR count). The number of para-hydroxylation sites is 1. The molecule has 0 aliphatic carbocycles. The lowest BCUT2D eigenvalue weighted by molar-refractivity contribution is -0.124. The first kappa shape index (κ1) is 17.2. The van der Waals surface area contributed by atoms with Crippen LogP contribution in [-0.4, -0.2) is 15.9 Å². The van der Waals surface area contributed by atoms with E-state index in [0.29, 0.717) is 33.9 Å². The molecule has 0 saturated heterocycles. The topological polar surface area (TPSA) is 74.8 Å². The molecule has 3 aromatic rings. The molecule has 0 unspecified atom stereocenters. The highest BCUT2D eigenvalue weighted by atomic mass is 35.5. The molecule has 2 N–H and O–H groups in total. The van der Waals surface area contributed by atoms with Crippen LogP contribution in [0.25, 0.3) is 22.3 Å². The highest BCUT2D eigenvalue weighted by molar-refractivity contribution is 6.33. The Labute approximate surface area is 150 Å². The van der Waals surface area contributed by atoms with Gasteiger partial charge in [0.05, 0.1) is 15.9 Å². The van der Waals surface area contributed by atoms with E-state index >= 15 is 0 Å². The summed E-state index contributed by atoms with van der Waals surface area (Å²) in [5.41, 5.74) is 1.90. The lowest BCUT2D eigenvalue weighted by atomic mass is 10.1. The van der Waals surface area contributed by atoms with Crippen LogP contribution in [0.1, 0.15) is 19.4 Å². The standard InChI is InChI=1S/C19H18ClN3O2/c1-11(2)18(24)21-10-12-7-8-15(20)14(9-12)17-22-16-6-4-3-5-13(16)19(25)23-17/h3-9,11H,10H2,1-2H3,(H,21,24)(H,22,23,25). The van der Waals surface area contributed by atoms with Gasteiger partial charge in [0.25, 0.3) is 5.56 Å². The molecule has 1 aromatic heterocycles. The molecule has 0 radical (unpaired) electrons. The summed E-state index contributed by atoms with van der Waals surface area (Å²) in [7, 11) is 0. The van der Waals surface area contributed by atoms with E-state index < -0.39 is 0 Å². The Morgan fingerprint density at radius 1 is 1.24 bits per heavy atom. The van der Waals surface area contributed by atoms with Crippen LogP contribution in [0.5, 0.6) is 0 Å². The molecule has 25 heavy (non-hydrogen) atoms. The zero-order valence-electron chi connectivity index (χ0n) is 14.0. The van der Waals surface area contributed by atoms with Crippen LogP contribution in [-0.2, 0) is 11.3 Å². The number of carbonyl (C=O) groups excluding carboxylic acids is 1. The third kappa shape index (κ3) is 3.72. The van der Waals surface area contributed by atoms with Crippen molar-refractivity contribution in [2.45, 2.75) is 20.4 Å². The minimum Gasteiger partial charge on any atom is -0.352 e. The Hall–Kier alpha value is -2.66. The number of nitrogens with one attached hydrogen (secondary N) is 2. The number of hydrogen-bond acceptors (Lipinski definition) is 3. The third-order valence-corrected chi connectivity index (χ3v) is 4.22. The van der Waals surface area contributed by atoms with E-state index in [9.17, 15) is 9.59 Å². The van der Waals surface area contributed by atoms with E-state index in [1.54, 1.807) is 24.3 Å². The smallest absolute Gasteiger partial charge is 0.259 e. The minimum atomic E-state index is -0.213. The summed E-state index contributed by atoms with van der Waals surface area (Å²) >= 11 is 6.30. The Morgan fingerprint density at radius 3 is 2.76 bits per heavy atom. The number of amides is 1. The number of benzene rings is 2. The van der Waals surface area contributed by atoms with E-state index in [1.165, 1.54) is 0 Å². The van der Waals surface area contributed by atoms with Gasteiger partial charge in [0.15, 0.2) is 0 Å². The Balaban J connectivity index is 1.98. The number of aromatic amines is 1. The van der Waals surface area contributed by atoms with Crippen LogP contribution in [0.2, 0.25) is 5.02 Å². The predicted molar refractivity (Wildman–Crippen MR) is 99.5 cm³/mol. The van der Waals surface area contributed by atoms with Gasteiger partial charge in [0.1, 0.15) is 5.82 Å². The average Bonchev–Trinajstić information content (AvgIpc) is 2.60. The van der Waals surface area contributed by atoms with E-state index in [2.05, 4.69) is 15.3 Å². The van der Waals surface area contributed by atoms with E-state index in [-0.39, 0.29) is 17.4 Å². The molecule has 0 aliphatic heterocycles. The Kier molecular flexibility index (Phi) is 4.86. The molecule has 128 valence electrons. The Morgan fingerprint density at radius 2 is 2.00 bits per heavy atom. The summed E-state index contributed by atoms with van der Waals surface area (Å²) in [5, 5.41) is 3.88. The summed E-state index contributed by atoms with van der Waals surface area (Å²) in [4.78, 5) is 31.3. The van der Waals surface area contributed by atoms with Crippen molar-refractivity contribution in [3.05, 3.63) is 63.4 Å². The quantitative estimate of drug-likeness (QED) is 0.752. The maximum Gasteiger partial charge on any atom is 0.259 e. The average molecular weight is 356 g/mol. The van der Waals surface area contributed by atoms with Crippen molar-refractivity contribution in [2.75, 3.05) is 0 Å². The first-order valence-electron chi connectivity index (χ1n) is 8.01. The van der Waals surface area contributed by atoms with Gasteiger partial charge in [-0.1, -0.05) is 43.6 Å². The maximum atomic E-state index is 12.3. The number of aromatic nitrogens is 2. The summed E-state index contributed by atoms with van der Waals surface area (Å²) in [6.07, 6.45) is 0. The summed E-state index contributed by atoms with van der Waals surface area (Å²) < 4.78 is 0. The van der Waals surface area contributed by atoms with Crippen molar-refractivity contribution in [3.63, 3.8) is 0 Å². The number of hydrogen-bond donors (Lipinski definition) is 2. The molecule has 0 bridgehead atoms. The number of fused-ring (bicyclic) bond motifs is 1. The van der Waals surface area contributed by atoms with E-state index in [0.717, 1.165) is 5.56 Å². The van der Waals surface area contributed by atoms with Gasteiger partial charge >= 0.3 is 0 Å². The second kappa shape index (κ2) is 7.07. The van der Waals surface area contributed by atoms with Gasteiger partial charge < -0.3 is 10.3 Å². The zero-order chi connectivity index (χ0) is 18.0. The van der Waals surface area contributed by atoms with Crippen LogP contribution in [0.4, 0.5) is 0 Å². The normalized spacial score (nSPS) is 11.0. The molecule has 2 aromatic carbocycles. The third-order valence-electron chi connectivity index (χ3n) is 3.89. The van der Waals surface area contributed by atoms with Gasteiger partial charge in [-0.05, 0) is 29.8 Å². The maximum absolute atomic E-state index is 12.3. The van der Waals surface area contributed by atoms with Crippen LogP contribution >= 0.6 is 11.6 Å². The van der Waals surface area contributed by atoms with Gasteiger partial charge in [0, 0.05) is 18.0 Å². The monoisotopic (exact) mass is 355 g/mol. The highest BCUT2D eigenvalue weighted by Gasteiger charge is 2.11. The number of rotatable bonds is 4. The molecule has 0 saturated carbocycles. The number of H-pyrrole nitrogens is 1. The summed E-state index contributed by atoms with van der Waals surface area (Å²) in [6, 6.07) is 12.5. The van der Waals surface area contributed by atoms with Gasteiger partial charge in [-0.25, -0.2) is 4.98 Å². The molecule has 5 nitrogen and oxygen atoms in total. The van der Waals surface area contributed by atoms with Crippen LogP contribution in [0, 0.1) is 5.92 Å². The van der Waals surface area contributed by atoms with Crippen LogP contribution < -0.4 is 10.9 Å². The molecule has 1 heterocycles. The Bertz CT molecular complexity index is 995. The SMILES string of the molecule is CC(C)C(=O)NCc1ccc(Cl)c(-c2nc3ccccc3c(=O)[nH]2)c1. The molecule has 0 fully saturated rings. The fourth-order valence-electron chi connectivity index (χ4n) is 2.47. The van der Waals surface area contributed by atoms with E-state index in [1.807, 2.05) is 32.0 Å². The lowest BCUT2D eigenvalue weighted by Gasteiger charge is -2.10. The van der Waals surface area contributed by atoms with Crippen molar-refractivity contribution in [3.8, 4) is 11.4 Å². The second-order valence-corrected chi connectivity index (χ2v) is 6.53. The van der Waals surface area contributed by atoms with Crippen LogP contribution in [0.3, 0.4) is 0 Å². The molecular formula is C19H18ClN3O2. The lowest BCUT2D eigenvalue weighted by Crippen LogP contribution is -2.27. The van der Waals surface area contributed by atoms with Crippen molar-refractivity contribution in [1.29, 1.82) is 0 Å². The van der Waals surface area contributed by atoms with Gasteiger partial charge in [-0.2, -0.15) is 0 Å². The fourth-order valence-corrected chi connectivity index (χ4v) is 2.68. The zero-order valence-corrected chi connectivity index (χ0v) is 14.7. The molecule has 1 amide bonds. The van der Waals surface area contributed by atoms with Crippen molar-refractivity contribution in [1.82, 2.24) is 15.3 Å². The fraction of sp³-hybridized carbons (Fsp3) is 0.211. The summed E-state index contributed by atoms with van der Waals surface area (Å²) in [5.74, 6) is 0.310. The van der Waals surface area contributed by atoms with Gasteiger partial charge in [-0.15, -0.1) is 0 Å². The molecule has 6 heteroatoms. The second-order valence-electron chi connectivity index (χ2n) is 6.12. The first-order chi connectivity index (χ1) is 12.0. The largest absolute Gasteiger partial charge is 0.352 e. The van der Waals surface area contributed by atoms with Crippen molar-refractivity contribution < 1.29 is 4.79 Å². The highest BCUT2D eigenvalue weighted by Crippen LogP contribution is 2.26. The summed E-state index contributed by atoms with van der Waals surface area (Å²) in [6.45, 7) is 4.07. The van der Waals surface area contributed by atoms with Crippen molar-refractivity contribution in [2.24, 2.45) is 5.92 Å². The van der Waals surface area contributed by atoms with Crippen LogP contribution in [0.15, 0.2) is 47.3 Å². The first-order valence-corrected chi connectivity index (χ1v) is 8.39. The molecule has 0 spiro atoms. The van der Waals surface area contributed by atoms with Gasteiger partial charge in [-0.3, -0.25) is 9.59 Å². The molecule has 0 aliphatic rings. The number of halogens is 1. The number of carbonyl (C=O) groups is 1. The number of nitrogens with zero attached hydrogens (tertiary/aromatic N) is 1. The molecular weight excluding hydrogens is 338 g/mol.